The molecule has 0 bridgehead atoms. The van der Waals surface area contributed by atoms with Crippen molar-refractivity contribution in [1.29, 1.82) is 0 Å². The van der Waals surface area contributed by atoms with Crippen molar-refractivity contribution in [2.45, 2.75) is 45.3 Å². The highest BCUT2D eigenvalue weighted by Gasteiger charge is 2.20. The molecule has 1 N–H and O–H groups in total. The van der Waals surface area contributed by atoms with Crippen molar-refractivity contribution in [3.05, 3.63) is 51.1 Å². The molecule has 3 aromatic rings. The SMILES string of the molecule is CCOC(=O)c1cc(CC)sc1NC(=O)CSc1nc2ccccc2c(=O)n1C(C)C. The second-order valence-corrected chi connectivity index (χ2v) is 9.13. The zero-order chi connectivity index (χ0) is 22.5. The second kappa shape index (κ2) is 10.1. The molecule has 1 aromatic carbocycles. The van der Waals surface area contributed by atoms with Crippen LogP contribution in [0.4, 0.5) is 5.00 Å². The summed E-state index contributed by atoms with van der Waals surface area (Å²) in [6, 6.07) is 8.83. The van der Waals surface area contributed by atoms with Crippen molar-refractivity contribution in [1.82, 2.24) is 9.55 Å². The lowest BCUT2D eigenvalue weighted by atomic mass is 10.2. The van der Waals surface area contributed by atoms with E-state index < -0.39 is 5.97 Å². The standard InChI is InChI=1S/C22H25N3O4S2/c1-5-14-11-16(21(28)29-6-2)19(31-14)24-18(26)12-30-22-23-17-10-8-7-9-15(17)20(27)25(22)13(3)4/h7-11,13H,5-6,12H2,1-4H3,(H,24,26). The maximum atomic E-state index is 12.9. The minimum Gasteiger partial charge on any atom is -0.462 e. The Labute approximate surface area is 188 Å². The zero-order valence-corrected chi connectivity index (χ0v) is 19.6. The van der Waals surface area contributed by atoms with Crippen molar-refractivity contribution in [2.75, 3.05) is 17.7 Å². The lowest BCUT2D eigenvalue weighted by Crippen LogP contribution is -2.25. The number of hydrogen-bond acceptors (Lipinski definition) is 7. The first kappa shape index (κ1) is 23.0. The van der Waals surface area contributed by atoms with Crippen LogP contribution in [0.3, 0.4) is 0 Å². The number of carbonyl (C=O) groups excluding carboxylic acids is 2. The molecule has 0 spiro atoms. The minimum absolute atomic E-state index is 0.0547. The van der Waals surface area contributed by atoms with Gasteiger partial charge in [-0.05, 0) is 45.4 Å². The largest absolute Gasteiger partial charge is 0.462 e. The summed E-state index contributed by atoms with van der Waals surface area (Å²) in [5.41, 5.74) is 0.840. The number of hydrogen-bond donors (Lipinski definition) is 1. The van der Waals surface area contributed by atoms with Gasteiger partial charge in [-0.15, -0.1) is 11.3 Å². The van der Waals surface area contributed by atoms with E-state index in [-0.39, 0.29) is 29.9 Å². The van der Waals surface area contributed by atoms with Gasteiger partial charge in [0.15, 0.2) is 5.16 Å². The maximum Gasteiger partial charge on any atom is 0.341 e. The van der Waals surface area contributed by atoms with Gasteiger partial charge in [0.1, 0.15) is 5.00 Å². The van der Waals surface area contributed by atoms with Crippen LogP contribution in [0.25, 0.3) is 10.9 Å². The second-order valence-electron chi connectivity index (χ2n) is 7.05. The number of esters is 1. The van der Waals surface area contributed by atoms with E-state index in [1.807, 2.05) is 32.9 Å². The number of ether oxygens (including phenoxy) is 1. The average molecular weight is 460 g/mol. The van der Waals surface area contributed by atoms with Crippen molar-refractivity contribution >= 4 is 50.9 Å². The monoisotopic (exact) mass is 459 g/mol. The highest BCUT2D eigenvalue weighted by atomic mass is 32.2. The number of aromatic nitrogens is 2. The smallest absolute Gasteiger partial charge is 0.341 e. The van der Waals surface area contributed by atoms with Crippen LogP contribution in [0.5, 0.6) is 0 Å². The molecular weight excluding hydrogens is 434 g/mol. The minimum atomic E-state index is -0.453. The summed E-state index contributed by atoms with van der Waals surface area (Å²) >= 11 is 2.56. The molecule has 0 atom stereocenters. The molecule has 0 aliphatic heterocycles. The Bertz CT molecular complexity index is 1170. The van der Waals surface area contributed by atoms with Gasteiger partial charge in [0.2, 0.25) is 5.91 Å². The maximum absolute atomic E-state index is 12.9. The third kappa shape index (κ3) is 5.16. The van der Waals surface area contributed by atoms with Gasteiger partial charge in [-0.2, -0.15) is 0 Å². The van der Waals surface area contributed by atoms with Crippen molar-refractivity contribution in [3.63, 3.8) is 0 Å². The number of nitrogens with zero attached hydrogens (tertiary/aromatic N) is 2. The Kier molecular flexibility index (Phi) is 7.50. The Morgan fingerprint density at radius 2 is 2.00 bits per heavy atom. The number of fused-ring (bicyclic) bond motifs is 1. The first-order valence-electron chi connectivity index (χ1n) is 10.1. The first-order valence-corrected chi connectivity index (χ1v) is 11.9. The van der Waals surface area contributed by atoms with E-state index in [1.54, 1.807) is 29.7 Å². The summed E-state index contributed by atoms with van der Waals surface area (Å²) in [4.78, 5) is 43.4. The molecule has 0 saturated heterocycles. The van der Waals surface area contributed by atoms with E-state index in [9.17, 15) is 14.4 Å². The Balaban J connectivity index is 1.81. The van der Waals surface area contributed by atoms with Gasteiger partial charge in [-0.25, -0.2) is 9.78 Å². The molecule has 0 fully saturated rings. The van der Waals surface area contributed by atoms with E-state index >= 15 is 0 Å². The summed E-state index contributed by atoms with van der Waals surface area (Å²) in [5.74, 6) is -0.678. The Morgan fingerprint density at radius 3 is 2.68 bits per heavy atom. The number of para-hydroxylation sites is 1. The summed E-state index contributed by atoms with van der Waals surface area (Å²) < 4.78 is 6.70. The first-order chi connectivity index (χ1) is 14.8. The van der Waals surface area contributed by atoms with E-state index in [0.29, 0.717) is 26.6 Å². The number of anilines is 1. The van der Waals surface area contributed by atoms with Crippen molar-refractivity contribution in [2.24, 2.45) is 0 Å². The summed E-state index contributed by atoms with van der Waals surface area (Å²) in [6.07, 6.45) is 0.753. The quantitative estimate of drug-likeness (QED) is 0.303. The Hall–Kier alpha value is -2.65. The number of thioether (sulfide) groups is 1. The molecule has 0 aliphatic rings. The van der Waals surface area contributed by atoms with Crippen LogP contribution in [0, 0.1) is 0 Å². The third-order valence-electron chi connectivity index (χ3n) is 4.50. The summed E-state index contributed by atoms with van der Waals surface area (Å²) in [7, 11) is 0. The molecule has 0 radical (unpaired) electrons. The number of benzene rings is 1. The van der Waals surface area contributed by atoms with Gasteiger partial charge in [0, 0.05) is 10.9 Å². The number of amides is 1. The van der Waals surface area contributed by atoms with Crippen LogP contribution in [0.1, 0.15) is 49.0 Å². The average Bonchev–Trinajstić information content (AvgIpc) is 3.15. The summed E-state index contributed by atoms with van der Waals surface area (Å²) in [5, 5.41) is 4.33. The molecule has 1 amide bonds. The fourth-order valence-electron chi connectivity index (χ4n) is 3.05. The molecule has 0 saturated carbocycles. The number of rotatable bonds is 8. The lowest BCUT2D eigenvalue weighted by molar-refractivity contribution is -0.113. The van der Waals surface area contributed by atoms with Gasteiger partial charge in [-0.3, -0.25) is 14.2 Å². The molecule has 7 nitrogen and oxygen atoms in total. The Morgan fingerprint density at radius 1 is 1.26 bits per heavy atom. The molecule has 31 heavy (non-hydrogen) atoms. The zero-order valence-electron chi connectivity index (χ0n) is 17.9. The van der Waals surface area contributed by atoms with Crippen LogP contribution < -0.4 is 10.9 Å². The van der Waals surface area contributed by atoms with Crippen molar-refractivity contribution < 1.29 is 14.3 Å². The van der Waals surface area contributed by atoms with E-state index in [1.165, 1.54) is 23.1 Å². The topological polar surface area (TPSA) is 90.3 Å². The normalized spacial score (nSPS) is 11.1. The van der Waals surface area contributed by atoms with E-state index in [0.717, 1.165) is 11.3 Å². The highest BCUT2D eigenvalue weighted by molar-refractivity contribution is 7.99. The van der Waals surface area contributed by atoms with Crippen LogP contribution in [-0.4, -0.2) is 33.8 Å². The number of carbonyl (C=O) groups is 2. The number of thiophene rings is 1. The van der Waals surface area contributed by atoms with Gasteiger partial charge < -0.3 is 10.1 Å². The third-order valence-corrected chi connectivity index (χ3v) is 6.65. The van der Waals surface area contributed by atoms with Gasteiger partial charge >= 0.3 is 5.97 Å². The van der Waals surface area contributed by atoms with Gasteiger partial charge in [-0.1, -0.05) is 30.8 Å². The van der Waals surface area contributed by atoms with Crippen LogP contribution in [-0.2, 0) is 16.0 Å². The molecule has 0 unspecified atom stereocenters. The molecule has 3 rings (SSSR count). The van der Waals surface area contributed by atoms with Crippen molar-refractivity contribution in [3.8, 4) is 0 Å². The molecular formula is C22H25N3O4S2. The van der Waals surface area contributed by atoms with Crippen LogP contribution in [0.15, 0.2) is 40.3 Å². The van der Waals surface area contributed by atoms with Crippen LogP contribution in [0.2, 0.25) is 0 Å². The van der Waals surface area contributed by atoms with E-state index in [4.69, 9.17) is 4.74 Å². The lowest BCUT2D eigenvalue weighted by Gasteiger charge is -2.16. The van der Waals surface area contributed by atoms with Crippen LogP contribution >= 0.6 is 23.1 Å². The molecule has 0 aliphatic carbocycles. The fraction of sp³-hybridized carbons (Fsp3) is 0.364. The number of aryl methyl sites for hydroxylation is 1. The molecule has 9 heteroatoms. The highest BCUT2D eigenvalue weighted by Crippen LogP contribution is 2.30. The van der Waals surface area contributed by atoms with Gasteiger partial charge in [0.25, 0.3) is 5.56 Å². The summed E-state index contributed by atoms with van der Waals surface area (Å²) in [6.45, 7) is 7.81. The molecule has 2 heterocycles. The predicted molar refractivity (Wildman–Crippen MR) is 125 cm³/mol. The number of nitrogens with one attached hydrogen (secondary N) is 1. The van der Waals surface area contributed by atoms with Gasteiger partial charge in [0.05, 0.1) is 28.8 Å². The van der Waals surface area contributed by atoms with E-state index in [2.05, 4.69) is 10.3 Å². The fourth-order valence-corrected chi connectivity index (χ4v) is 4.97. The molecule has 164 valence electrons. The molecule has 2 aromatic heterocycles. The predicted octanol–water partition coefficient (Wildman–Crippen LogP) is 4.51.